The van der Waals surface area contributed by atoms with E-state index in [2.05, 4.69) is 0 Å². The quantitative estimate of drug-likeness (QED) is 0.253. The average Bonchev–Trinajstić information content (AvgIpc) is 3.15. The van der Waals surface area contributed by atoms with Crippen LogP contribution in [0.1, 0.15) is 42.6 Å². The summed E-state index contributed by atoms with van der Waals surface area (Å²) in [5, 5.41) is 67.8. The largest absolute Gasteiger partial charge is 0.506 e. The maximum absolute atomic E-state index is 13.9. The second-order valence-corrected chi connectivity index (χ2v) is 12.3. The Hall–Kier alpha value is -4.66. The SMILES string of the molecule is COC(=O)[C@@]12Oc3ccc(-c4ccc5c(c4O)C(=O)[C@]4(O)[C@H]6C[C@@H](C)[C@@H](O)[C@]4(O5)C(=O)O6)c(O)c3C(O)=C1C(=O)C[C@H](C)[C@@H]2O. The number of esters is 2. The van der Waals surface area contributed by atoms with Crippen molar-refractivity contribution < 1.29 is 68.8 Å². The maximum atomic E-state index is 13.9. The number of hydrogen-bond acceptors (Lipinski definition) is 14. The molecule has 0 aromatic heterocycles. The van der Waals surface area contributed by atoms with Gasteiger partial charge in [0.15, 0.2) is 5.78 Å². The molecule has 3 aliphatic heterocycles. The lowest BCUT2D eigenvalue weighted by Crippen LogP contribution is -2.76. The van der Waals surface area contributed by atoms with Crippen molar-refractivity contribution in [1.82, 2.24) is 0 Å². The Labute approximate surface area is 254 Å². The highest BCUT2D eigenvalue weighted by atomic mass is 16.6. The summed E-state index contributed by atoms with van der Waals surface area (Å²) in [5.41, 5.74) is -9.52. The Morgan fingerprint density at radius 2 is 1.49 bits per heavy atom. The molecule has 5 aliphatic rings. The van der Waals surface area contributed by atoms with Crippen molar-refractivity contribution >= 4 is 29.3 Å². The molecule has 236 valence electrons. The summed E-state index contributed by atoms with van der Waals surface area (Å²) in [6.07, 6.45) is -4.90. The molecular formula is C31H28O14. The Balaban J connectivity index is 1.39. The van der Waals surface area contributed by atoms with E-state index in [9.17, 15) is 49.8 Å². The number of aromatic hydroxyl groups is 2. The fraction of sp³-hybridized carbons (Fsp3) is 0.419. The molecule has 14 heteroatoms. The first-order valence-electron chi connectivity index (χ1n) is 14.2. The van der Waals surface area contributed by atoms with E-state index >= 15 is 0 Å². The van der Waals surface area contributed by atoms with Crippen LogP contribution in [0.5, 0.6) is 23.0 Å². The van der Waals surface area contributed by atoms with Crippen molar-refractivity contribution in [2.24, 2.45) is 11.8 Å². The van der Waals surface area contributed by atoms with Gasteiger partial charge < -0.3 is 49.6 Å². The number of Topliss-reactive ketones (excluding diaryl/α,β-unsaturated/α-hetero) is 2. The summed E-state index contributed by atoms with van der Waals surface area (Å²) in [5.74, 6) is -8.48. The number of aliphatic hydroxyl groups is 4. The highest BCUT2D eigenvalue weighted by molar-refractivity contribution is 6.16. The predicted molar refractivity (Wildman–Crippen MR) is 147 cm³/mol. The Morgan fingerprint density at radius 1 is 0.889 bits per heavy atom. The van der Waals surface area contributed by atoms with Gasteiger partial charge in [0.25, 0.3) is 11.2 Å². The zero-order chi connectivity index (χ0) is 32.5. The molecule has 0 radical (unpaired) electrons. The fourth-order valence-corrected chi connectivity index (χ4v) is 7.58. The number of carbonyl (C=O) groups excluding carboxylic acids is 4. The van der Waals surface area contributed by atoms with E-state index in [0.29, 0.717) is 0 Å². The summed E-state index contributed by atoms with van der Waals surface area (Å²) in [7, 11) is 1.02. The third-order valence-electron chi connectivity index (χ3n) is 9.89. The van der Waals surface area contributed by atoms with Crippen LogP contribution in [0.25, 0.3) is 16.9 Å². The Kier molecular flexibility index (Phi) is 5.79. The van der Waals surface area contributed by atoms with Crippen molar-refractivity contribution in [3.05, 3.63) is 41.0 Å². The normalized spacial score (nSPS) is 36.1. The smallest absolute Gasteiger partial charge is 0.358 e. The second-order valence-electron chi connectivity index (χ2n) is 12.3. The van der Waals surface area contributed by atoms with Crippen molar-refractivity contribution in [3.63, 3.8) is 0 Å². The van der Waals surface area contributed by atoms with Gasteiger partial charge in [-0.2, -0.15) is 0 Å². The molecule has 2 aliphatic carbocycles. The lowest BCUT2D eigenvalue weighted by Gasteiger charge is -2.49. The Morgan fingerprint density at radius 3 is 2.11 bits per heavy atom. The number of aliphatic hydroxyl groups excluding tert-OH is 3. The van der Waals surface area contributed by atoms with Crippen LogP contribution < -0.4 is 9.47 Å². The molecule has 14 nitrogen and oxygen atoms in total. The zero-order valence-corrected chi connectivity index (χ0v) is 24.1. The van der Waals surface area contributed by atoms with Gasteiger partial charge in [0.05, 0.1) is 12.7 Å². The van der Waals surface area contributed by atoms with E-state index in [1.165, 1.54) is 31.2 Å². The van der Waals surface area contributed by atoms with Crippen LogP contribution in [0, 0.1) is 11.8 Å². The molecule has 2 saturated carbocycles. The van der Waals surface area contributed by atoms with Crippen LogP contribution in [0.15, 0.2) is 29.8 Å². The van der Waals surface area contributed by atoms with Gasteiger partial charge in [0.2, 0.25) is 11.4 Å². The number of ether oxygens (including phenoxy) is 4. The van der Waals surface area contributed by atoms with Crippen LogP contribution >= 0.6 is 0 Å². The van der Waals surface area contributed by atoms with Gasteiger partial charge in [0.1, 0.15) is 58.2 Å². The van der Waals surface area contributed by atoms with Crippen LogP contribution in [0.3, 0.4) is 0 Å². The molecule has 8 atom stereocenters. The molecule has 2 aromatic carbocycles. The average molecular weight is 625 g/mol. The molecular weight excluding hydrogens is 596 g/mol. The van der Waals surface area contributed by atoms with Crippen molar-refractivity contribution in [2.45, 2.75) is 61.8 Å². The topological polar surface area (TPSA) is 227 Å². The standard InChI is InChI=1S/C31H28O14/c1-10-8-14(32)20-23(35)18-15(44-29(20,24(10)36)27(39)42-3)6-4-12(21(18)33)13-5-7-16-19(22(13)34)26(38)30(41)17-9-11(2)25(37)31(30,45-16)28(40)43-17/h4-7,10-11,17,24-25,33-37,41H,8-9H2,1-3H3/t10-,11+,17+,24-,25+,29+,30+,31-/m0/s1. The lowest BCUT2D eigenvalue weighted by atomic mass is 9.62. The second kappa shape index (κ2) is 8.96. The minimum absolute atomic E-state index is 0.0607. The number of hydrogen-bond donors (Lipinski definition) is 6. The van der Waals surface area contributed by atoms with Gasteiger partial charge in [0, 0.05) is 17.5 Å². The van der Waals surface area contributed by atoms with Gasteiger partial charge in [-0.15, -0.1) is 0 Å². The first-order chi connectivity index (χ1) is 21.2. The molecule has 0 spiro atoms. The molecule has 2 aromatic rings. The fourth-order valence-electron chi connectivity index (χ4n) is 7.58. The van der Waals surface area contributed by atoms with E-state index in [0.717, 1.165) is 7.11 Å². The monoisotopic (exact) mass is 624 g/mol. The number of ketones is 2. The number of carbonyl (C=O) groups is 4. The number of phenols is 2. The summed E-state index contributed by atoms with van der Waals surface area (Å²) in [4.78, 5) is 53.0. The molecule has 6 N–H and O–H groups in total. The third-order valence-corrected chi connectivity index (χ3v) is 9.89. The minimum atomic E-state index is -2.68. The minimum Gasteiger partial charge on any atom is -0.506 e. The van der Waals surface area contributed by atoms with Crippen LogP contribution in [0.4, 0.5) is 0 Å². The molecule has 0 amide bonds. The third kappa shape index (κ3) is 3.13. The molecule has 3 heterocycles. The molecule has 7 rings (SSSR count). The van der Waals surface area contributed by atoms with E-state index in [1.54, 1.807) is 6.92 Å². The number of methoxy groups -OCH3 is 1. The highest BCUT2D eigenvalue weighted by Crippen LogP contribution is 2.58. The van der Waals surface area contributed by atoms with Crippen molar-refractivity contribution in [3.8, 4) is 34.1 Å². The van der Waals surface area contributed by atoms with Gasteiger partial charge >= 0.3 is 11.9 Å². The lowest BCUT2D eigenvalue weighted by molar-refractivity contribution is -0.192. The summed E-state index contributed by atoms with van der Waals surface area (Å²) < 4.78 is 21.8. The molecule has 45 heavy (non-hydrogen) atoms. The Bertz CT molecular complexity index is 1790. The van der Waals surface area contributed by atoms with Crippen LogP contribution in [0.2, 0.25) is 0 Å². The van der Waals surface area contributed by atoms with Gasteiger partial charge in [-0.1, -0.05) is 13.8 Å². The van der Waals surface area contributed by atoms with Crippen molar-refractivity contribution in [2.75, 3.05) is 7.11 Å². The highest BCUT2D eigenvalue weighted by Gasteiger charge is 2.81. The van der Waals surface area contributed by atoms with Crippen molar-refractivity contribution in [1.29, 1.82) is 0 Å². The van der Waals surface area contributed by atoms with E-state index in [-0.39, 0.29) is 35.5 Å². The summed E-state index contributed by atoms with van der Waals surface area (Å²) >= 11 is 0. The van der Waals surface area contributed by atoms with Crippen LogP contribution in [-0.2, 0) is 23.9 Å². The van der Waals surface area contributed by atoms with Crippen LogP contribution in [-0.4, -0.2) is 96.4 Å². The maximum Gasteiger partial charge on any atom is 0.358 e. The molecule has 0 unspecified atom stereocenters. The first-order valence-corrected chi connectivity index (χ1v) is 14.2. The van der Waals surface area contributed by atoms with Gasteiger partial charge in [-0.05, 0) is 42.5 Å². The van der Waals surface area contributed by atoms with E-state index in [1.807, 2.05) is 0 Å². The molecule has 3 fully saturated rings. The summed E-state index contributed by atoms with van der Waals surface area (Å²) in [6, 6.07) is 4.86. The molecule has 2 bridgehead atoms. The number of fused-ring (bicyclic) bond motifs is 3. The zero-order valence-electron chi connectivity index (χ0n) is 24.1. The van der Waals surface area contributed by atoms with Gasteiger partial charge in [-0.3, -0.25) is 9.59 Å². The van der Waals surface area contributed by atoms with Gasteiger partial charge in [-0.25, -0.2) is 9.59 Å². The number of benzene rings is 2. The predicted octanol–water partition coefficient (Wildman–Crippen LogP) is 0.679. The summed E-state index contributed by atoms with van der Waals surface area (Å²) in [6.45, 7) is 3.13. The van der Waals surface area contributed by atoms with E-state index < -0.39 is 104 Å². The number of phenolic OH excluding ortho intramolecular Hbond substituents is 2. The first kappa shape index (κ1) is 29.1. The molecule has 1 saturated heterocycles. The van der Waals surface area contributed by atoms with E-state index in [4.69, 9.17) is 18.9 Å². The number of rotatable bonds is 2.